The number of nitrogens with zero attached hydrogens (tertiary/aromatic N) is 2. The smallest absolute Gasteiger partial charge is 0.223 e. The third kappa shape index (κ3) is 12.9. The monoisotopic (exact) mass is 440 g/mol. The van der Waals surface area contributed by atoms with Crippen LogP contribution in [-0.2, 0) is 4.79 Å². The zero-order valence-corrected chi connectivity index (χ0v) is 21.8. The van der Waals surface area contributed by atoms with Crippen molar-refractivity contribution < 1.29 is 4.79 Å². The molecule has 1 amide bonds. The van der Waals surface area contributed by atoms with Crippen molar-refractivity contribution in [1.82, 2.24) is 9.80 Å². The van der Waals surface area contributed by atoms with Crippen LogP contribution in [0, 0.1) is 5.92 Å². The van der Waals surface area contributed by atoms with Crippen molar-refractivity contribution in [3.8, 4) is 0 Å². The third-order valence-electron chi connectivity index (χ3n) is 6.02. The first-order valence-electron chi connectivity index (χ1n) is 12.4. The normalized spacial score (nSPS) is 16.5. The van der Waals surface area contributed by atoms with Gasteiger partial charge in [0.15, 0.2) is 0 Å². The van der Waals surface area contributed by atoms with Crippen molar-refractivity contribution in [3.63, 3.8) is 0 Å². The molecule has 1 rings (SSSR count). The molecule has 0 aromatic rings. The highest BCUT2D eigenvalue weighted by molar-refractivity contribution is 5.76. The molecule has 3 nitrogen and oxygen atoms in total. The molecule has 1 fully saturated rings. The standard InChI is InChI=1S/C29H48N2O/c1-8-17-30-18-20-31(21-19-30)29(32)23-28(22-27(7)14-10-12-25(4)5)16-15-26(6)13-9-11-24(2)3/h8,11-12,15,22,28H,1,9-10,13-14,16-21,23H2,2-7H3/b26-15+,27-22+. The predicted molar refractivity (Wildman–Crippen MR) is 141 cm³/mol. The van der Waals surface area contributed by atoms with Crippen molar-refractivity contribution in [3.05, 3.63) is 59.3 Å². The van der Waals surface area contributed by atoms with Crippen LogP contribution in [0.5, 0.6) is 0 Å². The molecular formula is C29H48N2O. The topological polar surface area (TPSA) is 23.6 Å². The number of carbonyl (C=O) groups excluding carboxylic acids is 1. The summed E-state index contributed by atoms with van der Waals surface area (Å²) in [7, 11) is 0. The second-order valence-electron chi connectivity index (χ2n) is 9.87. The van der Waals surface area contributed by atoms with Gasteiger partial charge in [-0.1, -0.05) is 52.7 Å². The molecule has 0 bridgehead atoms. The number of allylic oxidation sites excluding steroid dienone is 8. The quantitative estimate of drug-likeness (QED) is 0.285. The van der Waals surface area contributed by atoms with E-state index in [9.17, 15) is 4.79 Å². The number of carbonyl (C=O) groups is 1. The first-order valence-corrected chi connectivity index (χ1v) is 12.4. The summed E-state index contributed by atoms with van der Waals surface area (Å²) in [6, 6.07) is 0. The van der Waals surface area contributed by atoms with Crippen LogP contribution in [0.25, 0.3) is 0 Å². The van der Waals surface area contributed by atoms with Gasteiger partial charge in [-0.3, -0.25) is 9.69 Å². The van der Waals surface area contributed by atoms with E-state index in [1.54, 1.807) is 0 Å². The minimum Gasteiger partial charge on any atom is -0.340 e. The maximum absolute atomic E-state index is 13.1. The predicted octanol–water partition coefficient (Wildman–Crippen LogP) is 7.10. The molecule has 1 unspecified atom stereocenters. The zero-order chi connectivity index (χ0) is 23.9. The fourth-order valence-electron chi connectivity index (χ4n) is 4.04. The van der Waals surface area contributed by atoms with E-state index in [0.29, 0.717) is 12.3 Å². The highest BCUT2D eigenvalue weighted by Gasteiger charge is 2.22. The lowest BCUT2D eigenvalue weighted by atomic mass is 9.94. The molecule has 0 radical (unpaired) electrons. The molecule has 0 N–H and O–H groups in total. The minimum absolute atomic E-state index is 0.277. The number of piperazine rings is 1. The van der Waals surface area contributed by atoms with Gasteiger partial charge in [0.05, 0.1) is 0 Å². The first-order chi connectivity index (χ1) is 15.2. The largest absolute Gasteiger partial charge is 0.340 e. The van der Waals surface area contributed by atoms with Gasteiger partial charge in [0.2, 0.25) is 5.91 Å². The summed E-state index contributed by atoms with van der Waals surface area (Å²) in [5, 5.41) is 0. The molecule has 1 saturated heterocycles. The van der Waals surface area contributed by atoms with Gasteiger partial charge in [-0.25, -0.2) is 0 Å². The SMILES string of the molecule is C=CCN1CCN(C(=O)CC(/C=C(\C)CCC=C(C)C)C/C=C(\C)CCC=C(C)C)CC1. The fourth-order valence-corrected chi connectivity index (χ4v) is 4.04. The van der Waals surface area contributed by atoms with Gasteiger partial charge < -0.3 is 4.90 Å². The van der Waals surface area contributed by atoms with E-state index < -0.39 is 0 Å². The highest BCUT2D eigenvalue weighted by Crippen LogP contribution is 2.21. The maximum atomic E-state index is 13.1. The Morgan fingerprint density at radius 2 is 1.41 bits per heavy atom. The van der Waals surface area contributed by atoms with E-state index in [1.807, 2.05) is 6.08 Å². The summed E-state index contributed by atoms with van der Waals surface area (Å²) in [5.74, 6) is 0.580. The lowest BCUT2D eigenvalue weighted by molar-refractivity contribution is -0.133. The van der Waals surface area contributed by atoms with Crippen molar-refractivity contribution in [2.75, 3.05) is 32.7 Å². The maximum Gasteiger partial charge on any atom is 0.223 e. The minimum atomic E-state index is 0.277. The van der Waals surface area contributed by atoms with Crippen LogP contribution in [0.4, 0.5) is 0 Å². The van der Waals surface area contributed by atoms with Crippen LogP contribution >= 0.6 is 0 Å². The number of amides is 1. The van der Waals surface area contributed by atoms with Crippen LogP contribution in [0.15, 0.2) is 59.3 Å². The Hall–Kier alpha value is -1.87. The fraction of sp³-hybridized carbons (Fsp3) is 0.621. The number of hydrogen-bond donors (Lipinski definition) is 0. The molecule has 180 valence electrons. The second kappa shape index (κ2) is 15.9. The van der Waals surface area contributed by atoms with E-state index in [-0.39, 0.29) is 5.92 Å². The molecule has 1 aliphatic rings. The van der Waals surface area contributed by atoms with Crippen LogP contribution in [-0.4, -0.2) is 48.4 Å². The summed E-state index contributed by atoms with van der Waals surface area (Å²) in [4.78, 5) is 17.5. The third-order valence-corrected chi connectivity index (χ3v) is 6.02. The molecule has 32 heavy (non-hydrogen) atoms. The highest BCUT2D eigenvalue weighted by atomic mass is 16.2. The van der Waals surface area contributed by atoms with Gasteiger partial charge in [0.1, 0.15) is 0 Å². The van der Waals surface area contributed by atoms with Gasteiger partial charge in [-0.05, 0) is 79.6 Å². The van der Waals surface area contributed by atoms with Gasteiger partial charge >= 0.3 is 0 Å². The molecule has 0 saturated carbocycles. The van der Waals surface area contributed by atoms with Crippen molar-refractivity contribution >= 4 is 5.91 Å². The Morgan fingerprint density at radius 3 is 1.94 bits per heavy atom. The lowest BCUT2D eigenvalue weighted by Gasteiger charge is -2.34. The number of rotatable bonds is 13. The second-order valence-corrected chi connectivity index (χ2v) is 9.87. The summed E-state index contributed by atoms with van der Waals surface area (Å²) < 4.78 is 0. The average molecular weight is 441 g/mol. The van der Waals surface area contributed by atoms with E-state index in [4.69, 9.17) is 0 Å². The van der Waals surface area contributed by atoms with Crippen LogP contribution < -0.4 is 0 Å². The zero-order valence-electron chi connectivity index (χ0n) is 21.8. The molecule has 3 heteroatoms. The van der Waals surface area contributed by atoms with E-state index in [0.717, 1.165) is 64.8 Å². The average Bonchev–Trinajstić information content (AvgIpc) is 2.72. The lowest BCUT2D eigenvalue weighted by Crippen LogP contribution is -2.48. The van der Waals surface area contributed by atoms with Crippen molar-refractivity contribution in [1.29, 1.82) is 0 Å². The first kappa shape index (κ1) is 28.2. The van der Waals surface area contributed by atoms with Gasteiger partial charge in [-0.2, -0.15) is 0 Å². The molecule has 0 spiro atoms. The summed E-state index contributed by atoms with van der Waals surface area (Å²) in [6.45, 7) is 21.4. The molecule has 0 aliphatic carbocycles. The Bertz CT molecular complexity index is 695. The van der Waals surface area contributed by atoms with Crippen LogP contribution in [0.1, 0.15) is 80.1 Å². The van der Waals surface area contributed by atoms with Crippen LogP contribution in [0.2, 0.25) is 0 Å². The van der Waals surface area contributed by atoms with Crippen LogP contribution in [0.3, 0.4) is 0 Å². The summed E-state index contributed by atoms with van der Waals surface area (Å²) in [6.07, 6.45) is 17.2. The summed E-state index contributed by atoms with van der Waals surface area (Å²) >= 11 is 0. The Kier molecular flexibility index (Phi) is 14.0. The van der Waals surface area contributed by atoms with Gasteiger partial charge in [0, 0.05) is 39.1 Å². The van der Waals surface area contributed by atoms with Gasteiger partial charge in [0.25, 0.3) is 0 Å². The number of hydrogen-bond acceptors (Lipinski definition) is 2. The molecule has 1 aliphatic heterocycles. The Balaban J connectivity index is 2.75. The Labute approximate surface area is 198 Å². The molecule has 0 aromatic carbocycles. The summed E-state index contributed by atoms with van der Waals surface area (Å²) in [5.41, 5.74) is 5.57. The van der Waals surface area contributed by atoms with E-state index >= 15 is 0 Å². The molecular weight excluding hydrogens is 392 g/mol. The van der Waals surface area contributed by atoms with Crippen molar-refractivity contribution in [2.24, 2.45) is 5.92 Å². The van der Waals surface area contributed by atoms with Gasteiger partial charge in [-0.15, -0.1) is 6.58 Å². The molecule has 1 heterocycles. The van der Waals surface area contributed by atoms with E-state index in [1.165, 1.54) is 22.3 Å². The van der Waals surface area contributed by atoms with E-state index in [2.05, 4.69) is 82.2 Å². The molecule has 0 aromatic heterocycles. The Morgan fingerprint density at radius 1 is 0.844 bits per heavy atom. The van der Waals surface area contributed by atoms with Crippen molar-refractivity contribution in [2.45, 2.75) is 80.1 Å². The molecule has 1 atom stereocenters.